The number of carboxylic acids is 2. The van der Waals surface area contributed by atoms with Gasteiger partial charge in [-0.3, -0.25) is 14.5 Å². The Kier molecular flexibility index (Phi) is 4.76. The number of rotatable bonds is 5. The van der Waals surface area contributed by atoms with Gasteiger partial charge in [0.1, 0.15) is 10.4 Å². The Balaban J connectivity index is 2.29. The Bertz CT molecular complexity index is 637. The summed E-state index contributed by atoms with van der Waals surface area (Å²) in [4.78, 5) is 36.2. The van der Waals surface area contributed by atoms with Crippen molar-refractivity contribution in [2.45, 2.75) is 12.5 Å². The fraction of sp³-hybridized carbons (Fsp3) is 0.167. The molecule has 6 nitrogen and oxygen atoms in total. The topological polar surface area (TPSA) is 94.9 Å². The molecule has 0 bridgehead atoms. The third-order valence-corrected chi connectivity index (χ3v) is 4.75. The number of nitrogens with zero attached hydrogens (tertiary/aromatic N) is 1. The standard InChI is InChI=1S/C12H9NO5S3/c14-9(15)5-7(11(17)18)13-10(16)8(21-12(13)19)4-6-2-1-3-20-6/h1-4,7H,5H2,(H,14,15)(H,17,18)/b8-4-/t7-/m1/s1. The summed E-state index contributed by atoms with van der Waals surface area (Å²) < 4.78 is 0.0523. The largest absolute Gasteiger partial charge is 0.481 e. The second-order valence-electron chi connectivity index (χ2n) is 4.02. The fourth-order valence-corrected chi connectivity index (χ4v) is 3.79. The van der Waals surface area contributed by atoms with Gasteiger partial charge in [0.15, 0.2) is 0 Å². The van der Waals surface area contributed by atoms with Crippen molar-refractivity contribution in [1.29, 1.82) is 0 Å². The van der Waals surface area contributed by atoms with Crippen LogP contribution in [0.3, 0.4) is 0 Å². The number of thiocarbonyl (C=S) groups is 1. The number of thiophene rings is 1. The molecule has 0 radical (unpaired) electrons. The van der Waals surface area contributed by atoms with E-state index in [-0.39, 0.29) is 4.32 Å². The fourth-order valence-electron chi connectivity index (χ4n) is 1.71. The number of amides is 1. The zero-order chi connectivity index (χ0) is 15.6. The van der Waals surface area contributed by atoms with Gasteiger partial charge >= 0.3 is 11.9 Å². The maximum atomic E-state index is 12.3. The SMILES string of the molecule is O=C(O)C[C@H](C(=O)O)N1C(=O)/C(=C/c2cccs2)SC1=S. The number of carbonyl (C=O) groups excluding carboxylic acids is 1. The minimum Gasteiger partial charge on any atom is -0.481 e. The molecule has 110 valence electrons. The highest BCUT2D eigenvalue weighted by atomic mass is 32.2. The van der Waals surface area contributed by atoms with E-state index in [1.165, 1.54) is 11.3 Å². The molecular weight excluding hydrogens is 334 g/mol. The zero-order valence-corrected chi connectivity index (χ0v) is 12.8. The van der Waals surface area contributed by atoms with E-state index < -0.39 is 30.3 Å². The molecule has 2 heterocycles. The van der Waals surface area contributed by atoms with Crippen LogP contribution < -0.4 is 0 Å². The van der Waals surface area contributed by atoms with E-state index >= 15 is 0 Å². The molecule has 0 unspecified atom stereocenters. The Morgan fingerprint density at radius 1 is 1.43 bits per heavy atom. The predicted molar refractivity (Wildman–Crippen MR) is 83.0 cm³/mol. The summed E-state index contributed by atoms with van der Waals surface area (Å²) in [5, 5.41) is 19.7. The molecule has 0 saturated carbocycles. The van der Waals surface area contributed by atoms with Gasteiger partial charge in [-0.05, 0) is 17.5 Å². The molecule has 1 atom stereocenters. The summed E-state index contributed by atoms with van der Waals surface area (Å²) in [6, 6.07) is 2.13. The Morgan fingerprint density at radius 3 is 2.67 bits per heavy atom. The first-order chi connectivity index (χ1) is 9.90. The van der Waals surface area contributed by atoms with Crippen LogP contribution >= 0.6 is 35.3 Å². The highest BCUT2D eigenvalue weighted by molar-refractivity contribution is 8.26. The van der Waals surface area contributed by atoms with E-state index in [2.05, 4.69) is 0 Å². The lowest BCUT2D eigenvalue weighted by Crippen LogP contribution is -2.45. The van der Waals surface area contributed by atoms with Crippen molar-refractivity contribution in [3.05, 3.63) is 27.3 Å². The van der Waals surface area contributed by atoms with E-state index in [0.29, 0.717) is 4.91 Å². The van der Waals surface area contributed by atoms with Gasteiger partial charge in [0.05, 0.1) is 11.3 Å². The average Bonchev–Trinajstić information content (AvgIpc) is 2.97. The van der Waals surface area contributed by atoms with Crippen LogP contribution in [-0.4, -0.2) is 43.3 Å². The maximum absolute atomic E-state index is 12.3. The monoisotopic (exact) mass is 343 g/mol. The summed E-state index contributed by atoms with van der Waals surface area (Å²) in [6.07, 6.45) is 0.914. The number of carboxylic acid groups (broad SMARTS) is 2. The maximum Gasteiger partial charge on any atom is 0.327 e. The second-order valence-corrected chi connectivity index (χ2v) is 6.67. The van der Waals surface area contributed by atoms with Gasteiger partial charge in [-0.15, -0.1) is 11.3 Å². The number of carbonyl (C=O) groups is 3. The smallest absolute Gasteiger partial charge is 0.327 e. The number of hydrogen-bond acceptors (Lipinski definition) is 6. The average molecular weight is 343 g/mol. The summed E-state index contributed by atoms with van der Waals surface area (Å²) in [5.74, 6) is -3.28. The minimum absolute atomic E-state index is 0.0523. The molecule has 0 aromatic carbocycles. The van der Waals surface area contributed by atoms with Gasteiger partial charge in [-0.1, -0.05) is 30.0 Å². The van der Waals surface area contributed by atoms with Gasteiger partial charge in [0, 0.05) is 4.88 Å². The zero-order valence-electron chi connectivity index (χ0n) is 10.4. The molecule has 21 heavy (non-hydrogen) atoms. The van der Waals surface area contributed by atoms with Crippen molar-refractivity contribution in [1.82, 2.24) is 4.90 Å². The first-order valence-electron chi connectivity index (χ1n) is 5.65. The van der Waals surface area contributed by atoms with Gasteiger partial charge in [0.2, 0.25) is 0 Å². The van der Waals surface area contributed by atoms with Crippen LogP contribution in [0.15, 0.2) is 22.4 Å². The van der Waals surface area contributed by atoms with Crippen LogP contribution in [0.5, 0.6) is 0 Å². The molecular formula is C12H9NO5S3. The minimum atomic E-state index is -1.50. The van der Waals surface area contributed by atoms with E-state index in [0.717, 1.165) is 21.5 Å². The molecule has 9 heteroatoms. The molecule has 1 aromatic rings. The molecule has 2 N–H and O–H groups in total. The number of hydrogen-bond donors (Lipinski definition) is 2. The molecule has 1 saturated heterocycles. The first kappa shape index (κ1) is 15.7. The van der Waals surface area contributed by atoms with Crippen molar-refractivity contribution in [3.63, 3.8) is 0 Å². The molecule has 0 aliphatic carbocycles. The quantitative estimate of drug-likeness (QED) is 0.622. The van der Waals surface area contributed by atoms with Crippen LogP contribution in [0, 0.1) is 0 Å². The van der Waals surface area contributed by atoms with Gasteiger partial charge in [0.25, 0.3) is 5.91 Å². The van der Waals surface area contributed by atoms with Gasteiger partial charge in [-0.2, -0.15) is 0 Å². The number of thioether (sulfide) groups is 1. The van der Waals surface area contributed by atoms with Crippen molar-refractivity contribution in [2.75, 3.05) is 0 Å². The van der Waals surface area contributed by atoms with Crippen LogP contribution in [0.4, 0.5) is 0 Å². The van der Waals surface area contributed by atoms with Crippen LogP contribution in [0.25, 0.3) is 6.08 Å². The third-order valence-electron chi connectivity index (χ3n) is 2.60. The van der Waals surface area contributed by atoms with Crippen molar-refractivity contribution >= 4 is 63.6 Å². The van der Waals surface area contributed by atoms with E-state index in [4.69, 9.17) is 22.4 Å². The molecule has 1 fully saturated rings. The summed E-state index contributed by atoms with van der Waals surface area (Å²) >= 11 is 7.41. The molecule has 1 aliphatic rings. The van der Waals surface area contributed by atoms with Crippen molar-refractivity contribution in [3.8, 4) is 0 Å². The normalized spacial score (nSPS) is 18.3. The van der Waals surface area contributed by atoms with Gasteiger partial charge in [-0.25, -0.2) is 4.79 Å². The van der Waals surface area contributed by atoms with Crippen molar-refractivity contribution in [2.24, 2.45) is 0 Å². The lowest BCUT2D eigenvalue weighted by Gasteiger charge is -2.21. The molecule has 1 amide bonds. The van der Waals surface area contributed by atoms with Crippen LogP contribution in [0.2, 0.25) is 0 Å². The summed E-state index contributed by atoms with van der Waals surface area (Å²) in [7, 11) is 0. The summed E-state index contributed by atoms with van der Waals surface area (Å²) in [5.41, 5.74) is 0. The third kappa shape index (κ3) is 3.49. The second kappa shape index (κ2) is 6.37. The van der Waals surface area contributed by atoms with Crippen LogP contribution in [-0.2, 0) is 14.4 Å². The predicted octanol–water partition coefficient (Wildman–Crippen LogP) is 1.88. The van der Waals surface area contributed by atoms with E-state index in [1.807, 2.05) is 17.5 Å². The molecule has 1 aromatic heterocycles. The van der Waals surface area contributed by atoms with E-state index in [1.54, 1.807) is 6.08 Å². The molecule has 2 rings (SSSR count). The Labute approximate surface area is 133 Å². The first-order valence-corrected chi connectivity index (χ1v) is 7.75. The van der Waals surface area contributed by atoms with E-state index in [9.17, 15) is 14.4 Å². The molecule has 1 aliphatic heterocycles. The Morgan fingerprint density at radius 2 is 2.14 bits per heavy atom. The van der Waals surface area contributed by atoms with Crippen LogP contribution in [0.1, 0.15) is 11.3 Å². The highest BCUT2D eigenvalue weighted by Gasteiger charge is 2.41. The summed E-state index contributed by atoms with van der Waals surface area (Å²) in [6.45, 7) is 0. The van der Waals surface area contributed by atoms with Gasteiger partial charge < -0.3 is 10.2 Å². The molecule has 0 spiro atoms. The van der Waals surface area contributed by atoms with Crippen molar-refractivity contribution < 1.29 is 24.6 Å². The lowest BCUT2D eigenvalue weighted by molar-refractivity contribution is -0.150. The number of aliphatic carboxylic acids is 2. The Hall–Kier alpha value is -1.71. The lowest BCUT2D eigenvalue weighted by atomic mass is 10.2. The highest BCUT2D eigenvalue weighted by Crippen LogP contribution is 2.35.